The summed E-state index contributed by atoms with van der Waals surface area (Å²) in [6, 6.07) is 8.19. The first-order valence-electron chi connectivity index (χ1n) is 10.1. The third-order valence-electron chi connectivity index (χ3n) is 5.94. The lowest BCUT2D eigenvalue weighted by molar-refractivity contribution is -0.128. The lowest BCUT2D eigenvalue weighted by Crippen LogP contribution is -2.41. The van der Waals surface area contributed by atoms with Gasteiger partial charge in [0.15, 0.2) is 5.82 Å². The van der Waals surface area contributed by atoms with Crippen molar-refractivity contribution in [2.24, 2.45) is 11.8 Å². The molecular weight excluding hydrogens is 402 g/mol. The highest BCUT2D eigenvalue weighted by molar-refractivity contribution is 6.05. The number of esters is 1. The molecule has 1 aromatic carbocycles. The van der Waals surface area contributed by atoms with E-state index in [4.69, 9.17) is 14.0 Å². The summed E-state index contributed by atoms with van der Waals surface area (Å²) in [6.45, 7) is 4.01. The Morgan fingerprint density at radius 3 is 2.94 bits per heavy atom. The average Bonchev–Trinajstić information content (AvgIpc) is 3.49. The van der Waals surface area contributed by atoms with Gasteiger partial charge in [0.05, 0.1) is 36.7 Å². The molecule has 1 aromatic heterocycles. The lowest BCUT2D eigenvalue weighted by Gasteiger charge is -2.23. The Bertz CT molecular complexity index is 1110. The molecule has 1 N–H and O–H groups in total. The number of hydrogen-bond donors (Lipinski definition) is 1. The van der Waals surface area contributed by atoms with Gasteiger partial charge in [-0.15, -0.1) is 0 Å². The highest BCUT2D eigenvalue weighted by Gasteiger charge is 2.67. The second-order valence-corrected chi connectivity index (χ2v) is 7.91. The third kappa shape index (κ3) is 3.04. The molecule has 0 unspecified atom stereocenters. The van der Waals surface area contributed by atoms with Crippen LogP contribution in [0.1, 0.15) is 23.0 Å². The fourth-order valence-electron chi connectivity index (χ4n) is 4.64. The van der Waals surface area contributed by atoms with Gasteiger partial charge in [0.1, 0.15) is 11.4 Å². The molecule has 3 aliphatic rings. The zero-order valence-corrected chi connectivity index (χ0v) is 17.0. The Balaban J connectivity index is 1.38. The highest BCUT2D eigenvalue weighted by atomic mass is 16.5. The summed E-state index contributed by atoms with van der Waals surface area (Å²) >= 11 is 0. The van der Waals surface area contributed by atoms with E-state index < -0.39 is 29.5 Å². The monoisotopic (exact) mass is 423 g/mol. The van der Waals surface area contributed by atoms with Crippen molar-refractivity contribution < 1.29 is 28.4 Å². The molecule has 1 spiro atoms. The van der Waals surface area contributed by atoms with Gasteiger partial charge in [0.25, 0.3) is 0 Å². The molecule has 2 saturated heterocycles. The maximum absolute atomic E-state index is 13.3. The van der Waals surface area contributed by atoms with Crippen molar-refractivity contribution in [2.45, 2.75) is 25.6 Å². The number of aromatic nitrogens is 1. The average molecular weight is 423 g/mol. The summed E-state index contributed by atoms with van der Waals surface area (Å²) in [5, 5.41) is 6.77. The zero-order chi connectivity index (χ0) is 21.8. The Kier molecular flexibility index (Phi) is 4.44. The van der Waals surface area contributed by atoms with E-state index in [1.807, 2.05) is 12.2 Å². The van der Waals surface area contributed by atoms with Crippen molar-refractivity contribution in [1.29, 1.82) is 0 Å². The quantitative estimate of drug-likeness (QED) is 0.579. The van der Waals surface area contributed by atoms with Crippen LogP contribution in [0.4, 0.5) is 11.5 Å². The van der Waals surface area contributed by atoms with Gasteiger partial charge in [-0.3, -0.25) is 14.5 Å². The predicted octanol–water partition coefficient (Wildman–Crippen LogP) is 2.08. The minimum atomic E-state index is -0.858. The van der Waals surface area contributed by atoms with E-state index in [2.05, 4.69) is 10.5 Å². The van der Waals surface area contributed by atoms with E-state index in [0.29, 0.717) is 22.8 Å². The summed E-state index contributed by atoms with van der Waals surface area (Å²) in [4.78, 5) is 39.9. The molecule has 0 aliphatic carbocycles. The maximum atomic E-state index is 13.3. The molecule has 4 heterocycles. The van der Waals surface area contributed by atoms with Gasteiger partial charge in [-0.1, -0.05) is 23.4 Å². The van der Waals surface area contributed by atoms with E-state index >= 15 is 0 Å². The number of carbonyl (C=O) groups excluding carboxylic acids is 3. The maximum Gasteiger partial charge on any atom is 0.338 e. The van der Waals surface area contributed by atoms with Gasteiger partial charge in [-0.2, -0.15) is 0 Å². The molecule has 0 saturated carbocycles. The molecular formula is C22H21N3O6. The van der Waals surface area contributed by atoms with E-state index in [-0.39, 0.29) is 25.0 Å². The first-order valence-corrected chi connectivity index (χ1v) is 10.1. The fraction of sp³-hybridized carbons (Fsp3) is 0.364. The molecule has 2 aromatic rings. The number of hydrogen-bond acceptors (Lipinski definition) is 7. The summed E-state index contributed by atoms with van der Waals surface area (Å²) in [5.41, 5.74) is -0.0702. The highest BCUT2D eigenvalue weighted by Crippen LogP contribution is 2.52. The number of rotatable bonds is 5. The van der Waals surface area contributed by atoms with Crippen molar-refractivity contribution in [3.05, 3.63) is 53.8 Å². The van der Waals surface area contributed by atoms with Crippen LogP contribution in [0.15, 0.2) is 47.0 Å². The molecule has 9 heteroatoms. The Hall–Kier alpha value is -3.46. The van der Waals surface area contributed by atoms with Crippen molar-refractivity contribution in [2.75, 3.05) is 23.4 Å². The second kappa shape index (κ2) is 7.05. The van der Waals surface area contributed by atoms with E-state index in [0.717, 1.165) is 0 Å². The molecule has 2 amide bonds. The Morgan fingerprint density at radius 1 is 1.35 bits per heavy atom. The molecule has 160 valence electrons. The molecule has 4 atom stereocenters. The number of carbonyl (C=O) groups is 3. The van der Waals surface area contributed by atoms with Gasteiger partial charge < -0.3 is 19.3 Å². The van der Waals surface area contributed by atoms with Crippen LogP contribution in [0.25, 0.3) is 0 Å². The zero-order valence-electron chi connectivity index (χ0n) is 17.0. The van der Waals surface area contributed by atoms with E-state index in [1.54, 1.807) is 44.2 Å². The van der Waals surface area contributed by atoms with Crippen LogP contribution in [0.3, 0.4) is 0 Å². The molecule has 3 aliphatic heterocycles. The molecule has 5 rings (SSSR count). The predicted molar refractivity (Wildman–Crippen MR) is 108 cm³/mol. The number of anilines is 2. The number of nitrogens with zero attached hydrogens (tertiary/aromatic N) is 2. The lowest BCUT2D eigenvalue weighted by atomic mass is 9.76. The minimum Gasteiger partial charge on any atom is -0.462 e. The van der Waals surface area contributed by atoms with Crippen LogP contribution in [-0.2, 0) is 19.1 Å². The number of amides is 2. The van der Waals surface area contributed by atoms with Crippen LogP contribution in [-0.4, -0.2) is 47.8 Å². The fourth-order valence-corrected chi connectivity index (χ4v) is 4.64. The topological polar surface area (TPSA) is 111 Å². The van der Waals surface area contributed by atoms with Gasteiger partial charge >= 0.3 is 5.97 Å². The normalized spacial score (nSPS) is 28.1. The SMILES string of the molecule is CCOC(=O)c1cccc(NC(=O)[C@H]2[C@H]3C=C[C@]4(CN(c5cc(C)on5)C(=O)[C@@H]24)O3)c1. The summed E-state index contributed by atoms with van der Waals surface area (Å²) in [7, 11) is 0. The number of ether oxygens (including phenoxy) is 2. The minimum absolute atomic E-state index is 0.222. The van der Waals surface area contributed by atoms with Crippen molar-refractivity contribution in [3.8, 4) is 0 Å². The Morgan fingerprint density at radius 2 is 2.19 bits per heavy atom. The van der Waals surface area contributed by atoms with Gasteiger partial charge in [0, 0.05) is 11.8 Å². The number of nitrogens with one attached hydrogen (secondary N) is 1. The van der Waals surface area contributed by atoms with Crippen LogP contribution >= 0.6 is 0 Å². The van der Waals surface area contributed by atoms with Crippen LogP contribution in [0.5, 0.6) is 0 Å². The summed E-state index contributed by atoms with van der Waals surface area (Å²) < 4.78 is 16.2. The molecule has 2 fully saturated rings. The van der Waals surface area contributed by atoms with E-state index in [9.17, 15) is 14.4 Å². The Labute approximate surface area is 178 Å². The number of benzene rings is 1. The number of fused-ring (bicyclic) bond motifs is 1. The van der Waals surface area contributed by atoms with E-state index in [1.165, 1.54) is 4.90 Å². The second-order valence-electron chi connectivity index (χ2n) is 7.91. The molecule has 9 nitrogen and oxygen atoms in total. The molecule has 2 bridgehead atoms. The first kappa shape index (κ1) is 19.5. The van der Waals surface area contributed by atoms with Crippen LogP contribution in [0, 0.1) is 18.8 Å². The summed E-state index contributed by atoms with van der Waals surface area (Å²) in [6.07, 6.45) is 3.22. The molecule has 0 radical (unpaired) electrons. The smallest absolute Gasteiger partial charge is 0.338 e. The van der Waals surface area contributed by atoms with Gasteiger partial charge in [0.2, 0.25) is 11.8 Å². The number of aryl methyl sites for hydroxylation is 1. The van der Waals surface area contributed by atoms with Gasteiger partial charge in [-0.05, 0) is 32.0 Å². The van der Waals surface area contributed by atoms with Crippen LogP contribution in [0.2, 0.25) is 0 Å². The standard InChI is InChI=1S/C22H21N3O6/c1-3-29-21(28)13-5-4-6-14(10-13)23-19(26)17-15-7-8-22(30-15)11-25(20(27)18(17)22)16-9-12(2)31-24-16/h4-10,15,17-18H,3,11H2,1-2H3,(H,23,26)/t15-,17+,18-,22-/m1/s1. The van der Waals surface area contributed by atoms with Crippen LogP contribution < -0.4 is 10.2 Å². The first-order chi connectivity index (χ1) is 14.9. The molecule has 31 heavy (non-hydrogen) atoms. The summed E-state index contributed by atoms with van der Waals surface area (Å²) in [5.74, 6) is -1.38. The van der Waals surface area contributed by atoms with Gasteiger partial charge in [-0.25, -0.2) is 4.79 Å². The third-order valence-corrected chi connectivity index (χ3v) is 5.94. The van der Waals surface area contributed by atoms with Crippen molar-refractivity contribution in [1.82, 2.24) is 5.16 Å². The van der Waals surface area contributed by atoms with Crippen molar-refractivity contribution >= 4 is 29.3 Å². The van der Waals surface area contributed by atoms with Crippen molar-refractivity contribution in [3.63, 3.8) is 0 Å². The largest absolute Gasteiger partial charge is 0.462 e.